The second kappa shape index (κ2) is 8.15. The molecule has 0 bridgehead atoms. The molecule has 5 nitrogen and oxygen atoms in total. The largest absolute Gasteiger partial charge is 0.460 e. The number of carbonyl (C=O) groups is 1. The predicted molar refractivity (Wildman–Crippen MR) is 89.4 cm³/mol. The third kappa shape index (κ3) is 5.93. The fourth-order valence-electron chi connectivity index (χ4n) is 2.31. The molecule has 28 heavy (non-hydrogen) atoms. The molecule has 10 heteroatoms. The van der Waals surface area contributed by atoms with Gasteiger partial charge in [0.05, 0.1) is 5.69 Å². The van der Waals surface area contributed by atoms with Crippen LogP contribution in [0.3, 0.4) is 0 Å². The summed E-state index contributed by atoms with van der Waals surface area (Å²) in [6.07, 6.45) is -4.92. The molecule has 0 fully saturated rings. The smallest absolute Gasteiger partial charge is 0.451 e. The second-order valence-electron chi connectivity index (χ2n) is 6.95. The Labute approximate surface area is 158 Å². The zero-order valence-corrected chi connectivity index (χ0v) is 15.3. The van der Waals surface area contributed by atoms with Gasteiger partial charge in [0.25, 0.3) is 6.43 Å². The second-order valence-corrected chi connectivity index (χ2v) is 6.95. The first-order valence-corrected chi connectivity index (χ1v) is 8.25. The maximum Gasteiger partial charge on any atom is 0.451 e. The first-order valence-electron chi connectivity index (χ1n) is 8.25. The van der Waals surface area contributed by atoms with Gasteiger partial charge in [-0.25, -0.2) is 18.7 Å². The average molecular weight is 403 g/mol. The quantitative estimate of drug-likeness (QED) is 0.532. The van der Waals surface area contributed by atoms with Crippen LogP contribution in [0.4, 0.5) is 22.0 Å². The Morgan fingerprint density at radius 3 is 2.18 bits per heavy atom. The highest BCUT2D eigenvalue weighted by atomic mass is 19.4. The Bertz CT molecular complexity index is 831. The van der Waals surface area contributed by atoms with E-state index in [1.165, 1.54) is 6.07 Å². The van der Waals surface area contributed by atoms with E-state index in [1.54, 1.807) is 20.8 Å². The summed E-state index contributed by atoms with van der Waals surface area (Å²) in [5.74, 6) is -1.87. The Morgan fingerprint density at radius 2 is 1.68 bits per heavy atom. The van der Waals surface area contributed by atoms with Crippen molar-refractivity contribution >= 4 is 5.97 Å². The summed E-state index contributed by atoms with van der Waals surface area (Å²) in [5.41, 5.74) is -0.667. The number of carbonyl (C=O) groups excluding carboxylic acids is 1. The van der Waals surface area contributed by atoms with Gasteiger partial charge in [-0.05, 0) is 38.8 Å². The van der Waals surface area contributed by atoms with E-state index in [0.29, 0.717) is 0 Å². The van der Waals surface area contributed by atoms with E-state index in [-0.39, 0.29) is 35.2 Å². The van der Waals surface area contributed by atoms with Gasteiger partial charge in [-0.3, -0.25) is 9.78 Å². The van der Waals surface area contributed by atoms with Crippen LogP contribution in [-0.4, -0.2) is 26.5 Å². The summed E-state index contributed by atoms with van der Waals surface area (Å²) in [5, 5.41) is 0. The molecule has 2 rings (SSSR count). The molecule has 0 aliphatic heterocycles. The lowest BCUT2D eigenvalue weighted by atomic mass is 10.0. The lowest BCUT2D eigenvalue weighted by Crippen LogP contribution is -2.24. The maximum atomic E-state index is 13.2. The van der Waals surface area contributed by atoms with Gasteiger partial charge >= 0.3 is 12.1 Å². The number of aryl methyl sites for hydroxylation is 1. The standard InChI is InChI=1S/C18H18F5N3O2/c1-17(2,3)28-14(27)5-4-10-6-13(24-9-12(10)15(19)20)11-7-25-16(26-8-11)18(21,22)23/h6-9,15H,4-5H2,1-3H3. The van der Waals surface area contributed by atoms with Crippen LogP contribution in [0, 0.1) is 0 Å². The van der Waals surface area contributed by atoms with Gasteiger partial charge in [-0.2, -0.15) is 13.2 Å². The topological polar surface area (TPSA) is 65.0 Å². The van der Waals surface area contributed by atoms with E-state index < -0.39 is 30.0 Å². The van der Waals surface area contributed by atoms with Crippen molar-refractivity contribution in [1.29, 1.82) is 0 Å². The van der Waals surface area contributed by atoms with Crippen LogP contribution in [0.1, 0.15) is 50.6 Å². The summed E-state index contributed by atoms with van der Waals surface area (Å²) in [4.78, 5) is 22.2. The van der Waals surface area contributed by atoms with E-state index in [0.717, 1.165) is 18.6 Å². The summed E-state index contributed by atoms with van der Waals surface area (Å²) in [6, 6.07) is 1.29. The van der Waals surface area contributed by atoms with Gasteiger partial charge in [0.15, 0.2) is 0 Å². The minimum Gasteiger partial charge on any atom is -0.460 e. The molecule has 2 aromatic heterocycles. The van der Waals surface area contributed by atoms with Crippen molar-refractivity contribution in [2.24, 2.45) is 0 Å². The lowest BCUT2D eigenvalue weighted by Gasteiger charge is -2.19. The van der Waals surface area contributed by atoms with Crippen LogP contribution in [0.15, 0.2) is 24.7 Å². The van der Waals surface area contributed by atoms with Gasteiger partial charge in [0.1, 0.15) is 5.60 Å². The normalized spacial score (nSPS) is 12.3. The van der Waals surface area contributed by atoms with Gasteiger partial charge in [-0.1, -0.05) is 0 Å². The van der Waals surface area contributed by atoms with Crippen molar-refractivity contribution < 1.29 is 31.5 Å². The molecule has 2 heterocycles. The number of ether oxygens (including phenoxy) is 1. The molecule has 0 amide bonds. The molecule has 0 radical (unpaired) electrons. The van der Waals surface area contributed by atoms with Crippen LogP contribution in [0.2, 0.25) is 0 Å². The minimum atomic E-state index is -4.69. The molecule has 0 N–H and O–H groups in total. The Balaban J connectivity index is 2.26. The van der Waals surface area contributed by atoms with Gasteiger partial charge in [0.2, 0.25) is 5.82 Å². The highest BCUT2D eigenvalue weighted by molar-refractivity contribution is 5.70. The molecule has 2 aromatic rings. The van der Waals surface area contributed by atoms with Crippen LogP contribution < -0.4 is 0 Å². The van der Waals surface area contributed by atoms with E-state index in [2.05, 4.69) is 15.0 Å². The van der Waals surface area contributed by atoms with Crippen LogP contribution in [0.25, 0.3) is 11.3 Å². The predicted octanol–water partition coefficient (Wildman–Crippen LogP) is 4.77. The van der Waals surface area contributed by atoms with Crippen molar-refractivity contribution in [2.75, 3.05) is 0 Å². The van der Waals surface area contributed by atoms with Crippen molar-refractivity contribution in [3.63, 3.8) is 0 Å². The number of halogens is 5. The molecule has 0 aromatic carbocycles. The number of aromatic nitrogens is 3. The van der Waals surface area contributed by atoms with Crippen molar-refractivity contribution in [3.8, 4) is 11.3 Å². The zero-order chi connectivity index (χ0) is 21.1. The number of nitrogens with zero attached hydrogens (tertiary/aromatic N) is 3. The van der Waals surface area contributed by atoms with Crippen LogP contribution >= 0.6 is 0 Å². The van der Waals surface area contributed by atoms with Crippen molar-refractivity contribution in [1.82, 2.24) is 15.0 Å². The van der Waals surface area contributed by atoms with Gasteiger partial charge in [0, 0.05) is 36.1 Å². The van der Waals surface area contributed by atoms with Gasteiger partial charge in [-0.15, -0.1) is 0 Å². The van der Waals surface area contributed by atoms with E-state index in [9.17, 15) is 26.7 Å². The molecular formula is C18H18F5N3O2. The average Bonchev–Trinajstić information content (AvgIpc) is 2.57. The summed E-state index contributed by atoms with van der Waals surface area (Å²) < 4.78 is 69.3. The van der Waals surface area contributed by atoms with Crippen LogP contribution in [0.5, 0.6) is 0 Å². The number of hydrogen-bond donors (Lipinski definition) is 0. The summed E-state index contributed by atoms with van der Waals surface area (Å²) in [6.45, 7) is 5.06. The first-order chi connectivity index (χ1) is 12.9. The summed E-state index contributed by atoms with van der Waals surface area (Å²) >= 11 is 0. The zero-order valence-electron chi connectivity index (χ0n) is 15.3. The van der Waals surface area contributed by atoms with Crippen molar-refractivity contribution in [2.45, 2.75) is 51.8 Å². The Kier molecular flexibility index (Phi) is 6.30. The monoisotopic (exact) mass is 403 g/mol. The third-order valence-corrected chi connectivity index (χ3v) is 3.48. The Morgan fingerprint density at radius 1 is 1.07 bits per heavy atom. The third-order valence-electron chi connectivity index (χ3n) is 3.48. The van der Waals surface area contributed by atoms with E-state index in [1.807, 2.05) is 0 Å². The highest BCUT2D eigenvalue weighted by Crippen LogP contribution is 2.29. The molecule has 0 saturated carbocycles. The van der Waals surface area contributed by atoms with Crippen molar-refractivity contribution in [3.05, 3.63) is 41.6 Å². The Hall–Kier alpha value is -2.65. The van der Waals surface area contributed by atoms with E-state index in [4.69, 9.17) is 4.74 Å². The molecule has 0 spiro atoms. The number of pyridine rings is 1. The highest BCUT2D eigenvalue weighted by Gasteiger charge is 2.34. The van der Waals surface area contributed by atoms with Gasteiger partial charge < -0.3 is 4.74 Å². The minimum absolute atomic E-state index is 0.0361. The fourth-order valence-corrected chi connectivity index (χ4v) is 2.31. The number of rotatable bonds is 5. The molecule has 0 aliphatic carbocycles. The summed E-state index contributed by atoms with van der Waals surface area (Å²) in [7, 11) is 0. The molecule has 0 atom stereocenters. The molecule has 152 valence electrons. The SMILES string of the molecule is CC(C)(C)OC(=O)CCc1cc(-c2cnc(C(F)(F)F)nc2)ncc1C(F)F. The number of alkyl halides is 5. The molecule has 0 saturated heterocycles. The number of hydrogen-bond acceptors (Lipinski definition) is 5. The lowest BCUT2D eigenvalue weighted by molar-refractivity contribution is -0.154. The molecule has 0 unspecified atom stereocenters. The van der Waals surface area contributed by atoms with Crippen LogP contribution in [-0.2, 0) is 22.1 Å². The maximum absolute atomic E-state index is 13.2. The van der Waals surface area contributed by atoms with E-state index >= 15 is 0 Å². The molecule has 0 aliphatic rings. The first kappa shape index (κ1) is 21.6. The fraction of sp³-hybridized carbons (Fsp3) is 0.444. The molecular weight excluding hydrogens is 385 g/mol. The number of esters is 1.